The van der Waals surface area contributed by atoms with Crippen molar-refractivity contribution in [2.24, 2.45) is 5.41 Å². The Morgan fingerprint density at radius 2 is 1.55 bits per heavy atom. The number of fused-ring (bicyclic) bond motifs is 1. The number of methoxy groups -OCH3 is 1. The molecule has 1 saturated heterocycles. The summed E-state index contributed by atoms with van der Waals surface area (Å²) >= 11 is 0. The van der Waals surface area contributed by atoms with E-state index < -0.39 is 42.0 Å². The molecule has 3 N–H and O–H groups in total. The fourth-order valence-electron chi connectivity index (χ4n) is 6.16. The molecule has 1 fully saturated rings. The number of unbranched alkanes of at least 4 members (excludes halogenated alkanes) is 1. The molecule has 1 aliphatic rings. The summed E-state index contributed by atoms with van der Waals surface area (Å²) in [7, 11) is 1.26. The number of urea groups is 1. The first-order valence-electron chi connectivity index (χ1n) is 16.2. The predicted octanol–water partition coefficient (Wildman–Crippen LogP) is 0.489. The minimum absolute atomic E-state index is 0. The van der Waals surface area contributed by atoms with Crippen LogP contribution in [0.5, 0.6) is 0 Å². The second-order valence-corrected chi connectivity index (χ2v) is 13.6. The number of benzene rings is 1. The van der Waals surface area contributed by atoms with Gasteiger partial charge >= 0.3 is 41.7 Å². The maximum absolute atomic E-state index is 14.0. The number of carboxylic acid groups (broad SMARTS) is 1. The van der Waals surface area contributed by atoms with Crippen LogP contribution in [0.2, 0.25) is 0 Å². The third kappa shape index (κ3) is 11.0. The Morgan fingerprint density at radius 1 is 0.957 bits per heavy atom. The van der Waals surface area contributed by atoms with Gasteiger partial charge in [0.1, 0.15) is 12.1 Å². The number of aliphatic carboxylic acids is 1. The molecule has 4 amide bonds. The molecular weight excluding hydrogens is 613 g/mol. The first-order valence-corrected chi connectivity index (χ1v) is 16.2. The first kappa shape index (κ1) is 40.1. The van der Waals surface area contributed by atoms with Gasteiger partial charge < -0.3 is 35.5 Å². The molecule has 1 aliphatic heterocycles. The van der Waals surface area contributed by atoms with Crippen LogP contribution >= 0.6 is 0 Å². The second kappa shape index (κ2) is 17.9. The van der Waals surface area contributed by atoms with Crippen molar-refractivity contribution in [1.29, 1.82) is 0 Å². The summed E-state index contributed by atoms with van der Waals surface area (Å²) in [6, 6.07) is 3.29. The fraction of sp³-hybridized carbons (Fsp3) is 0.618. The number of nitrogens with zero attached hydrogens (tertiary/aromatic N) is 2. The number of aromatic nitrogens is 1. The number of hydrogen-bond acceptors (Lipinski definition) is 7. The Labute approximate surface area is 300 Å². The van der Waals surface area contributed by atoms with Crippen molar-refractivity contribution in [3.05, 3.63) is 36.0 Å². The van der Waals surface area contributed by atoms with Gasteiger partial charge in [0.2, 0.25) is 11.8 Å². The number of piperidine rings is 1. The van der Waals surface area contributed by atoms with Crippen molar-refractivity contribution < 1.29 is 63.4 Å². The first-order chi connectivity index (χ1) is 21.7. The van der Waals surface area contributed by atoms with Gasteiger partial charge in [-0.3, -0.25) is 14.2 Å². The van der Waals surface area contributed by atoms with Crippen molar-refractivity contribution in [1.82, 2.24) is 25.4 Å². The molecule has 254 valence electrons. The van der Waals surface area contributed by atoms with Gasteiger partial charge in [-0.1, -0.05) is 58.7 Å². The van der Waals surface area contributed by atoms with Crippen LogP contribution in [0.15, 0.2) is 30.5 Å². The van der Waals surface area contributed by atoms with E-state index in [4.69, 9.17) is 4.74 Å². The van der Waals surface area contributed by atoms with E-state index in [0.29, 0.717) is 22.9 Å². The topological polar surface area (TPSA) is 162 Å². The summed E-state index contributed by atoms with van der Waals surface area (Å²) in [4.78, 5) is 67.5. The average Bonchev–Trinajstić information content (AvgIpc) is 3.35. The van der Waals surface area contributed by atoms with Crippen molar-refractivity contribution in [3.63, 3.8) is 0 Å². The number of likely N-dealkylation sites (tertiary alicyclic amines) is 1. The number of amides is 4. The Bertz CT molecular complexity index is 1390. The number of carboxylic acids is 1. The van der Waals surface area contributed by atoms with Crippen LogP contribution < -0.4 is 50.6 Å². The Morgan fingerprint density at radius 3 is 2.13 bits per heavy atom. The summed E-state index contributed by atoms with van der Waals surface area (Å²) in [6.07, 6.45) is 5.34. The number of para-hydroxylation sites is 1. The Balaban J connectivity index is 0.00000768. The average molecular weight is 664 g/mol. The molecule has 47 heavy (non-hydrogen) atoms. The molecule has 3 unspecified atom stereocenters. The van der Waals surface area contributed by atoms with Gasteiger partial charge in [0.15, 0.2) is 0 Å². The summed E-state index contributed by atoms with van der Waals surface area (Å²) in [5.41, 5.74) is 0.751. The predicted molar refractivity (Wildman–Crippen MR) is 173 cm³/mol. The van der Waals surface area contributed by atoms with Crippen molar-refractivity contribution in [3.8, 4) is 0 Å². The van der Waals surface area contributed by atoms with Gasteiger partial charge in [0, 0.05) is 30.1 Å². The van der Waals surface area contributed by atoms with Gasteiger partial charge in [-0.2, -0.15) is 0 Å². The standard InChI is InChI=1S/C34H51N5O7.Na/c1-8-9-16-25(31(42)43)35-29(40)26(18-23-20-38(33(45)46-7)28-17-11-10-15-24(23)28)36-30(41)27(19-34(4,5)6)37-32(44)39-21(2)13-12-14-22(39)3;/h10-11,15,17,20-22,25-27H,8-9,12-14,16,18-19H2,1-7H3,(H,35,40)(H,36,41)(H,37,44)(H,42,43);/q;+1/p-1/t21-,22?,25?,26+,27?;/m0./s1. The second-order valence-electron chi connectivity index (χ2n) is 13.6. The monoisotopic (exact) mass is 663 g/mol. The minimum Gasteiger partial charge on any atom is -0.548 e. The van der Waals surface area contributed by atoms with E-state index in [9.17, 15) is 29.1 Å². The third-order valence-electron chi connectivity index (χ3n) is 8.53. The van der Waals surface area contributed by atoms with E-state index >= 15 is 0 Å². The molecule has 13 heteroatoms. The van der Waals surface area contributed by atoms with Crippen LogP contribution in [0, 0.1) is 5.41 Å². The number of ether oxygens (including phenoxy) is 1. The zero-order chi connectivity index (χ0) is 34.2. The van der Waals surface area contributed by atoms with E-state index in [2.05, 4.69) is 16.0 Å². The third-order valence-corrected chi connectivity index (χ3v) is 8.53. The largest absolute Gasteiger partial charge is 1.00 e. The van der Waals surface area contributed by atoms with E-state index in [-0.39, 0.29) is 72.3 Å². The zero-order valence-corrected chi connectivity index (χ0v) is 31.2. The van der Waals surface area contributed by atoms with Gasteiger partial charge in [-0.25, -0.2) is 9.59 Å². The maximum atomic E-state index is 14.0. The van der Waals surface area contributed by atoms with Gasteiger partial charge in [-0.15, -0.1) is 0 Å². The van der Waals surface area contributed by atoms with Crippen molar-refractivity contribution in [2.75, 3.05) is 7.11 Å². The molecule has 1 aromatic carbocycles. The molecule has 5 atom stereocenters. The SMILES string of the molecule is CCCCC(NC(=O)[C@@H](Cc1cn(C(=O)OC)c2ccccc12)NC(=O)C(CC(C)(C)C)NC(=O)N1C(C)CCC[C@@H]1C)C(=O)[O-].[Na+]. The molecule has 0 saturated carbocycles. The van der Waals surface area contributed by atoms with Crippen LogP contribution in [-0.4, -0.2) is 76.7 Å². The quantitative estimate of drug-likeness (QED) is 0.279. The van der Waals surface area contributed by atoms with Gasteiger partial charge in [0.25, 0.3) is 0 Å². The summed E-state index contributed by atoms with van der Waals surface area (Å²) in [5, 5.41) is 20.9. The van der Waals surface area contributed by atoms with Crippen LogP contribution in [0.25, 0.3) is 10.9 Å². The molecule has 1 aromatic heterocycles. The van der Waals surface area contributed by atoms with Crippen molar-refractivity contribution in [2.45, 2.75) is 123 Å². The maximum Gasteiger partial charge on any atom is 1.00 e. The van der Waals surface area contributed by atoms with Crippen LogP contribution in [0.3, 0.4) is 0 Å². The van der Waals surface area contributed by atoms with E-state index in [1.807, 2.05) is 41.5 Å². The summed E-state index contributed by atoms with van der Waals surface area (Å²) in [6.45, 7) is 11.8. The number of hydrogen-bond donors (Lipinski definition) is 3. The summed E-state index contributed by atoms with van der Waals surface area (Å²) < 4.78 is 6.25. The molecule has 3 rings (SSSR count). The smallest absolute Gasteiger partial charge is 0.548 e. The number of carbonyl (C=O) groups is 5. The zero-order valence-electron chi connectivity index (χ0n) is 29.2. The van der Waals surface area contributed by atoms with E-state index in [1.165, 1.54) is 11.7 Å². The number of carbonyl (C=O) groups excluding carboxylic acids is 5. The molecule has 0 bridgehead atoms. The summed E-state index contributed by atoms with van der Waals surface area (Å²) in [5.74, 6) is -2.71. The van der Waals surface area contributed by atoms with Crippen LogP contribution in [0.1, 0.15) is 92.1 Å². The molecular formula is C34H50N5NaO7. The molecule has 2 heterocycles. The normalized spacial score (nSPS) is 18.3. The Hall–Kier alpha value is -3.09. The minimum atomic E-state index is -1.42. The van der Waals surface area contributed by atoms with E-state index in [1.54, 1.807) is 35.4 Å². The van der Waals surface area contributed by atoms with Crippen LogP contribution in [-0.2, 0) is 25.5 Å². The van der Waals surface area contributed by atoms with Gasteiger partial charge in [0.05, 0.1) is 24.6 Å². The number of nitrogens with one attached hydrogen (secondary N) is 3. The molecule has 12 nitrogen and oxygen atoms in total. The molecule has 0 radical (unpaired) electrons. The Kier molecular flexibility index (Phi) is 15.3. The van der Waals surface area contributed by atoms with Crippen molar-refractivity contribution >= 4 is 40.8 Å². The fourth-order valence-corrected chi connectivity index (χ4v) is 6.16. The molecule has 0 spiro atoms. The van der Waals surface area contributed by atoms with Crippen LogP contribution in [0.4, 0.5) is 9.59 Å². The molecule has 2 aromatic rings. The number of rotatable bonds is 12. The molecule has 0 aliphatic carbocycles. The van der Waals surface area contributed by atoms with E-state index in [0.717, 1.165) is 25.7 Å². The van der Waals surface area contributed by atoms with Gasteiger partial charge in [-0.05, 0) is 63.0 Å².